The number of hydrogen-bond donors (Lipinski definition) is 1. The van der Waals surface area contributed by atoms with Crippen LogP contribution in [-0.4, -0.2) is 30.2 Å². The Kier molecular flexibility index (Phi) is 4.41. The summed E-state index contributed by atoms with van der Waals surface area (Å²) in [4.78, 5) is 8.75. The van der Waals surface area contributed by atoms with Gasteiger partial charge < -0.3 is 10.1 Å². The number of aromatic nitrogens is 2. The maximum atomic E-state index is 4.95. The van der Waals surface area contributed by atoms with Gasteiger partial charge >= 0.3 is 0 Å². The molecule has 0 saturated carbocycles. The molecule has 0 aromatic carbocycles. The molecule has 0 fully saturated rings. The average molecular weight is 255 g/mol. The number of thiazole rings is 2. The maximum Gasteiger partial charge on any atom is 0.143 e. The van der Waals surface area contributed by atoms with Gasteiger partial charge in [0.1, 0.15) is 10.7 Å². The molecule has 1 N–H and O–H groups in total. The fourth-order valence-electron chi connectivity index (χ4n) is 1.21. The van der Waals surface area contributed by atoms with Crippen LogP contribution in [0.2, 0.25) is 0 Å². The second-order valence-corrected chi connectivity index (χ2v) is 4.76. The molecule has 2 rings (SSSR count). The highest BCUT2D eigenvalue weighted by Crippen LogP contribution is 2.22. The Morgan fingerprint density at radius 2 is 2.38 bits per heavy atom. The summed E-state index contributed by atoms with van der Waals surface area (Å²) < 4.78 is 4.95. The first-order chi connectivity index (χ1) is 7.90. The molecule has 6 heteroatoms. The monoisotopic (exact) mass is 255 g/mol. The van der Waals surface area contributed by atoms with Gasteiger partial charge in [-0.3, -0.25) is 0 Å². The van der Waals surface area contributed by atoms with Gasteiger partial charge in [-0.25, -0.2) is 9.97 Å². The third-order valence-electron chi connectivity index (χ3n) is 1.99. The van der Waals surface area contributed by atoms with E-state index in [-0.39, 0.29) is 0 Å². The van der Waals surface area contributed by atoms with Crippen LogP contribution in [0.5, 0.6) is 0 Å². The predicted molar refractivity (Wildman–Crippen MR) is 66.8 cm³/mol. The van der Waals surface area contributed by atoms with Crippen molar-refractivity contribution in [1.29, 1.82) is 0 Å². The molecule has 0 atom stereocenters. The van der Waals surface area contributed by atoms with Crippen LogP contribution in [0.4, 0.5) is 0 Å². The van der Waals surface area contributed by atoms with Crippen molar-refractivity contribution < 1.29 is 4.74 Å². The van der Waals surface area contributed by atoms with Gasteiger partial charge in [0.2, 0.25) is 0 Å². The van der Waals surface area contributed by atoms with Gasteiger partial charge in [-0.05, 0) is 0 Å². The summed E-state index contributed by atoms with van der Waals surface area (Å²) in [5.74, 6) is 0. The van der Waals surface area contributed by atoms with E-state index in [1.165, 1.54) is 0 Å². The molecular formula is C10H13N3OS2. The highest BCUT2D eigenvalue weighted by Gasteiger charge is 2.05. The standard InChI is InChI=1S/C10H13N3OS2/c1-14-3-2-11-4-8-5-16-10(13-8)9-6-15-7-12-9/h5-7,11H,2-4H2,1H3. The van der Waals surface area contributed by atoms with Crippen molar-refractivity contribution in [2.75, 3.05) is 20.3 Å². The molecule has 0 radical (unpaired) electrons. The van der Waals surface area contributed by atoms with Crippen LogP contribution in [0, 0.1) is 0 Å². The van der Waals surface area contributed by atoms with Crippen molar-refractivity contribution in [2.24, 2.45) is 0 Å². The van der Waals surface area contributed by atoms with Gasteiger partial charge in [0.15, 0.2) is 0 Å². The molecule has 86 valence electrons. The third-order valence-corrected chi connectivity index (χ3v) is 3.49. The first-order valence-electron chi connectivity index (χ1n) is 4.93. The smallest absolute Gasteiger partial charge is 0.143 e. The van der Waals surface area contributed by atoms with E-state index in [4.69, 9.17) is 4.74 Å². The molecule has 0 spiro atoms. The molecule has 0 amide bonds. The summed E-state index contributed by atoms with van der Waals surface area (Å²) in [7, 11) is 1.70. The highest BCUT2D eigenvalue weighted by molar-refractivity contribution is 7.13. The average Bonchev–Trinajstić information content (AvgIpc) is 2.94. The first-order valence-corrected chi connectivity index (χ1v) is 6.75. The Balaban J connectivity index is 1.88. The summed E-state index contributed by atoms with van der Waals surface area (Å²) in [6.45, 7) is 2.35. The number of ether oxygens (including phenoxy) is 1. The van der Waals surface area contributed by atoms with E-state index >= 15 is 0 Å². The molecule has 0 aliphatic rings. The zero-order chi connectivity index (χ0) is 11.2. The number of rotatable bonds is 6. The van der Waals surface area contributed by atoms with Gasteiger partial charge in [0, 0.05) is 31.0 Å². The highest BCUT2D eigenvalue weighted by atomic mass is 32.1. The van der Waals surface area contributed by atoms with Crippen LogP contribution >= 0.6 is 22.7 Å². The first kappa shape index (κ1) is 11.7. The van der Waals surface area contributed by atoms with E-state index in [9.17, 15) is 0 Å². The van der Waals surface area contributed by atoms with Gasteiger partial charge in [-0.1, -0.05) is 0 Å². The Morgan fingerprint density at radius 1 is 1.44 bits per heavy atom. The zero-order valence-corrected chi connectivity index (χ0v) is 10.6. The minimum atomic E-state index is 0.725. The molecule has 0 unspecified atom stereocenters. The van der Waals surface area contributed by atoms with E-state index in [1.54, 1.807) is 29.8 Å². The lowest BCUT2D eigenvalue weighted by Gasteiger charge is -2.00. The summed E-state index contributed by atoms with van der Waals surface area (Å²) in [6.07, 6.45) is 0. The lowest BCUT2D eigenvalue weighted by molar-refractivity contribution is 0.199. The van der Waals surface area contributed by atoms with E-state index in [0.717, 1.165) is 36.1 Å². The second kappa shape index (κ2) is 6.05. The molecule has 2 aromatic rings. The number of nitrogens with zero attached hydrogens (tertiary/aromatic N) is 2. The van der Waals surface area contributed by atoms with Crippen LogP contribution in [0.15, 0.2) is 16.3 Å². The molecular weight excluding hydrogens is 242 g/mol. The van der Waals surface area contributed by atoms with Crippen LogP contribution in [0.1, 0.15) is 5.69 Å². The normalized spacial score (nSPS) is 10.8. The largest absolute Gasteiger partial charge is 0.383 e. The fraction of sp³-hybridized carbons (Fsp3) is 0.400. The Morgan fingerprint density at radius 3 is 3.12 bits per heavy atom. The Hall–Kier alpha value is -0.820. The topological polar surface area (TPSA) is 47.0 Å². The number of methoxy groups -OCH3 is 1. The van der Waals surface area contributed by atoms with Crippen LogP contribution in [0.25, 0.3) is 10.7 Å². The summed E-state index contributed by atoms with van der Waals surface area (Å²) in [5.41, 5.74) is 3.86. The summed E-state index contributed by atoms with van der Waals surface area (Å²) in [6, 6.07) is 0. The van der Waals surface area contributed by atoms with Crippen LogP contribution in [-0.2, 0) is 11.3 Å². The minimum Gasteiger partial charge on any atom is -0.383 e. The lowest BCUT2D eigenvalue weighted by Crippen LogP contribution is -2.18. The van der Waals surface area contributed by atoms with Gasteiger partial charge in [-0.15, -0.1) is 22.7 Å². The fourth-order valence-corrected chi connectivity index (χ4v) is 2.61. The Labute approximate surface area is 102 Å². The van der Waals surface area contributed by atoms with Crippen molar-refractivity contribution in [3.05, 3.63) is 22.0 Å². The minimum absolute atomic E-state index is 0.725. The zero-order valence-electron chi connectivity index (χ0n) is 8.97. The molecule has 2 aromatic heterocycles. The summed E-state index contributed by atoms with van der Waals surface area (Å²) >= 11 is 3.22. The van der Waals surface area contributed by atoms with Crippen molar-refractivity contribution in [3.63, 3.8) is 0 Å². The Bertz CT molecular complexity index is 413. The van der Waals surface area contributed by atoms with Gasteiger partial charge in [0.05, 0.1) is 17.8 Å². The van der Waals surface area contributed by atoms with Crippen LogP contribution in [0.3, 0.4) is 0 Å². The van der Waals surface area contributed by atoms with E-state index in [2.05, 4.69) is 20.7 Å². The molecule has 4 nitrogen and oxygen atoms in total. The number of hydrogen-bond acceptors (Lipinski definition) is 6. The second-order valence-electron chi connectivity index (χ2n) is 3.19. The van der Waals surface area contributed by atoms with Gasteiger partial charge in [0.25, 0.3) is 0 Å². The van der Waals surface area contributed by atoms with Crippen molar-refractivity contribution in [1.82, 2.24) is 15.3 Å². The molecule has 0 saturated heterocycles. The molecule has 2 heterocycles. The maximum absolute atomic E-state index is 4.95. The SMILES string of the molecule is COCCNCc1csc(-c2cscn2)n1. The van der Waals surface area contributed by atoms with E-state index in [0.29, 0.717) is 0 Å². The van der Waals surface area contributed by atoms with Gasteiger partial charge in [-0.2, -0.15) is 0 Å². The van der Waals surface area contributed by atoms with Crippen molar-refractivity contribution in [2.45, 2.75) is 6.54 Å². The molecule has 16 heavy (non-hydrogen) atoms. The quantitative estimate of drug-likeness (QED) is 0.802. The summed E-state index contributed by atoms with van der Waals surface area (Å²) in [5, 5.41) is 8.33. The predicted octanol–water partition coefficient (Wildman–Crippen LogP) is 2.00. The van der Waals surface area contributed by atoms with E-state index < -0.39 is 0 Å². The van der Waals surface area contributed by atoms with Crippen LogP contribution < -0.4 is 5.32 Å². The van der Waals surface area contributed by atoms with Crippen molar-refractivity contribution >= 4 is 22.7 Å². The van der Waals surface area contributed by atoms with Crippen molar-refractivity contribution in [3.8, 4) is 10.7 Å². The third kappa shape index (κ3) is 3.08. The lowest BCUT2D eigenvalue weighted by atomic mass is 10.4. The molecule has 0 bridgehead atoms. The van der Waals surface area contributed by atoms with E-state index in [1.807, 2.05) is 10.9 Å². The molecule has 0 aliphatic carbocycles. The molecule has 0 aliphatic heterocycles. The number of nitrogens with one attached hydrogen (secondary N) is 1.